The predicted molar refractivity (Wildman–Crippen MR) is 83.9 cm³/mol. The molecular formula is C15H13Cl2N3. The topological polar surface area (TPSA) is 53.8 Å². The summed E-state index contributed by atoms with van der Waals surface area (Å²) in [5.41, 5.74) is 5.88. The number of fused-ring (bicyclic) bond motifs is 1. The third-order valence-corrected chi connectivity index (χ3v) is 3.75. The Hall–Kier alpha value is -1.52. The fourth-order valence-electron chi connectivity index (χ4n) is 2.44. The number of nitrogens with one attached hydrogen (secondary N) is 2. The molecule has 1 atom stereocenters. The molecule has 20 heavy (non-hydrogen) atoms. The normalized spacial score (nSPS) is 12.8. The summed E-state index contributed by atoms with van der Waals surface area (Å²) in [6.45, 7) is 0. The molecule has 1 aromatic heterocycles. The Balaban J connectivity index is 2.14. The van der Waals surface area contributed by atoms with Crippen molar-refractivity contribution >= 4 is 34.1 Å². The van der Waals surface area contributed by atoms with E-state index in [0.29, 0.717) is 10.0 Å². The van der Waals surface area contributed by atoms with E-state index < -0.39 is 0 Å². The molecule has 0 radical (unpaired) electrons. The van der Waals surface area contributed by atoms with E-state index >= 15 is 0 Å². The Morgan fingerprint density at radius 3 is 2.45 bits per heavy atom. The van der Waals surface area contributed by atoms with Crippen molar-refractivity contribution in [1.29, 1.82) is 0 Å². The summed E-state index contributed by atoms with van der Waals surface area (Å²) in [7, 11) is 0. The minimum atomic E-state index is -0.178. The quantitative estimate of drug-likeness (QED) is 0.505. The first-order valence-corrected chi connectivity index (χ1v) is 6.93. The Morgan fingerprint density at radius 1 is 1.05 bits per heavy atom. The molecule has 1 heterocycles. The Labute approximate surface area is 126 Å². The maximum atomic E-state index is 6.07. The summed E-state index contributed by atoms with van der Waals surface area (Å²) < 4.78 is 0. The molecule has 0 saturated heterocycles. The minimum absolute atomic E-state index is 0.178. The van der Waals surface area contributed by atoms with E-state index in [9.17, 15) is 0 Å². The fraction of sp³-hybridized carbons (Fsp3) is 0.0667. The number of halogens is 2. The van der Waals surface area contributed by atoms with Gasteiger partial charge in [0, 0.05) is 32.7 Å². The van der Waals surface area contributed by atoms with Crippen LogP contribution in [0.3, 0.4) is 0 Å². The molecule has 0 fully saturated rings. The molecule has 0 aliphatic heterocycles. The lowest BCUT2D eigenvalue weighted by atomic mass is 9.99. The zero-order valence-electron chi connectivity index (χ0n) is 10.5. The zero-order valence-corrected chi connectivity index (χ0v) is 12.0. The smallest absolute Gasteiger partial charge is 0.0731 e. The highest BCUT2D eigenvalue weighted by atomic mass is 35.5. The van der Waals surface area contributed by atoms with Gasteiger partial charge in [0.15, 0.2) is 0 Å². The van der Waals surface area contributed by atoms with Crippen molar-refractivity contribution in [2.75, 3.05) is 0 Å². The fourth-order valence-corrected chi connectivity index (χ4v) is 2.98. The highest BCUT2D eigenvalue weighted by molar-refractivity contribution is 6.34. The number of benzene rings is 2. The van der Waals surface area contributed by atoms with E-state index in [2.05, 4.69) is 16.5 Å². The average molecular weight is 306 g/mol. The lowest BCUT2D eigenvalue weighted by Crippen LogP contribution is -2.28. The van der Waals surface area contributed by atoms with Gasteiger partial charge in [0.25, 0.3) is 0 Å². The van der Waals surface area contributed by atoms with Gasteiger partial charge in [-0.25, -0.2) is 5.43 Å². The van der Waals surface area contributed by atoms with Gasteiger partial charge in [0.05, 0.1) is 6.04 Å². The second-order valence-corrected chi connectivity index (χ2v) is 5.46. The summed E-state index contributed by atoms with van der Waals surface area (Å²) in [6, 6.07) is 13.3. The van der Waals surface area contributed by atoms with Crippen LogP contribution in [0.5, 0.6) is 0 Å². The highest BCUT2D eigenvalue weighted by Crippen LogP contribution is 2.31. The number of aromatic nitrogens is 1. The van der Waals surface area contributed by atoms with Gasteiger partial charge < -0.3 is 4.98 Å². The second-order valence-electron chi connectivity index (χ2n) is 4.59. The predicted octanol–water partition coefficient (Wildman–Crippen LogP) is 4.03. The van der Waals surface area contributed by atoms with Crippen LogP contribution in [0.2, 0.25) is 10.0 Å². The number of rotatable bonds is 3. The van der Waals surface area contributed by atoms with Crippen LogP contribution in [-0.2, 0) is 0 Å². The van der Waals surface area contributed by atoms with Gasteiger partial charge in [-0.2, -0.15) is 0 Å². The first-order chi connectivity index (χ1) is 9.69. The molecule has 0 aliphatic rings. The maximum Gasteiger partial charge on any atom is 0.0731 e. The Morgan fingerprint density at radius 2 is 1.75 bits per heavy atom. The van der Waals surface area contributed by atoms with Crippen molar-refractivity contribution in [2.24, 2.45) is 5.84 Å². The number of hydrogen-bond acceptors (Lipinski definition) is 2. The number of H-pyrrole nitrogens is 1. The van der Waals surface area contributed by atoms with Crippen LogP contribution >= 0.6 is 23.2 Å². The van der Waals surface area contributed by atoms with E-state index in [0.717, 1.165) is 22.0 Å². The number of nitrogens with two attached hydrogens (primary N) is 1. The molecule has 3 nitrogen and oxygen atoms in total. The zero-order chi connectivity index (χ0) is 14.1. The monoisotopic (exact) mass is 305 g/mol. The van der Waals surface area contributed by atoms with Crippen molar-refractivity contribution < 1.29 is 0 Å². The lowest BCUT2D eigenvalue weighted by Gasteiger charge is -2.16. The average Bonchev–Trinajstić information content (AvgIpc) is 2.83. The molecule has 102 valence electrons. The Kier molecular flexibility index (Phi) is 3.68. The van der Waals surface area contributed by atoms with Gasteiger partial charge in [-0.3, -0.25) is 5.84 Å². The van der Waals surface area contributed by atoms with Crippen molar-refractivity contribution in [3.8, 4) is 0 Å². The van der Waals surface area contributed by atoms with Gasteiger partial charge >= 0.3 is 0 Å². The van der Waals surface area contributed by atoms with Crippen LogP contribution < -0.4 is 11.3 Å². The Bertz CT molecular complexity index is 731. The van der Waals surface area contributed by atoms with Crippen LogP contribution in [0.25, 0.3) is 10.9 Å². The number of aromatic amines is 1. The van der Waals surface area contributed by atoms with Crippen LogP contribution in [0.15, 0.2) is 48.7 Å². The molecule has 2 aromatic carbocycles. The first-order valence-electron chi connectivity index (χ1n) is 6.17. The highest BCUT2D eigenvalue weighted by Gasteiger charge is 2.17. The summed E-state index contributed by atoms with van der Waals surface area (Å²) in [5, 5.41) is 2.30. The SMILES string of the molecule is NNC(c1cc(Cl)cc(Cl)c1)c1c[nH]c2ccccc12. The van der Waals surface area contributed by atoms with Crippen molar-refractivity contribution in [3.63, 3.8) is 0 Å². The molecule has 0 amide bonds. The standard InChI is InChI=1S/C15H13Cl2N3/c16-10-5-9(6-11(17)7-10)15(20-18)13-8-19-14-4-2-1-3-12(13)14/h1-8,15,19-20H,18H2. The van der Waals surface area contributed by atoms with Gasteiger partial charge in [0.1, 0.15) is 0 Å². The van der Waals surface area contributed by atoms with Crippen LogP contribution in [0, 0.1) is 0 Å². The van der Waals surface area contributed by atoms with Crippen molar-refractivity contribution in [2.45, 2.75) is 6.04 Å². The molecule has 4 N–H and O–H groups in total. The molecular weight excluding hydrogens is 293 g/mol. The number of hydrazine groups is 1. The van der Waals surface area contributed by atoms with Crippen molar-refractivity contribution in [3.05, 3.63) is 69.8 Å². The van der Waals surface area contributed by atoms with Gasteiger partial charge in [-0.1, -0.05) is 41.4 Å². The third kappa shape index (κ3) is 2.41. The number of para-hydroxylation sites is 1. The summed E-state index contributed by atoms with van der Waals surface area (Å²) in [5.74, 6) is 5.74. The minimum Gasteiger partial charge on any atom is -0.361 e. The maximum absolute atomic E-state index is 6.07. The molecule has 0 spiro atoms. The summed E-state index contributed by atoms with van der Waals surface area (Å²) >= 11 is 12.1. The van der Waals surface area contributed by atoms with E-state index in [1.54, 1.807) is 6.07 Å². The summed E-state index contributed by atoms with van der Waals surface area (Å²) in [4.78, 5) is 3.24. The van der Waals surface area contributed by atoms with E-state index in [-0.39, 0.29) is 6.04 Å². The molecule has 0 aliphatic carbocycles. The van der Waals surface area contributed by atoms with Crippen molar-refractivity contribution in [1.82, 2.24) is 10.4 Å². The van der Waals surface area contributed by atoms with Crippen LogP contribution in [-0.4, -0.2) is 4.98 Å². The molecule has 0 saturated carbocycles. The third-order valence-electron chi connectivity index (χ3n) is 3.32. The molecule has 5 heteroatoms. The molecule has 0 bridgehead atoms. The van der Waals surface area contributed by atoms with E-state index in [1.807, 2.05) is 36.5 Å². The lowest BCUT2D eigenvalue weighted by molar-refractivity contribution is 0.641. The van der Waals surface area contributed by atoms with Gasteiger partial charge in [-0.15, -0.1) is 0 Å². The molecule has 1 unspecified atom stereocenters. The molecule has 3 aromatic rings. The van der Waals surface area contributed by atoms with Crippen LogP contribution in [0.4, 0.5) is 0 Å². The summed E-state index contributed by atoms with van der Waals surface area (Å²) in [6.07, 6.45) is 1.95. The van der Waals surface area contributed by atoms with Gasteiger partial charge in [-0.05, 0) is 29.8 Å². The van der Waals surface area contributed by atoms with Gasteiger partial charge in [0.2, 0.25) is 0 Å². The van der Waals surface area contributed by atoms with E-state index in [1.165, 1.54) is 0 Å². The molecule has 3 rings (SSSR count). The largest absolute Gasteiger partial charge is 0.361 e. The second kappa shape index (κ2) is 5.46. The first kappa shape index (κ1) is 13.5. The van der Waals surface area contributed by atoms with E-state index in [4.69, 9.17) is 29.0 Å². The van der Waals surface area contributed by atoms with Crippen LogP contribution in [0.1, 0.15) is 17.2 Å². The number of hydrogen-bond donors (Lipinski definition) is 3.